The Morgan fingerprint density at radius 1 is 1.10 bits per heavy atom. The van der Waals surface area contributed by atoms with Gasteiger partial charge in [-0.3, -0.25) is 9.58 Å². The number of hydrogen-bond acceptors (Lipinski definition) is 8. The van der Waals surface area contributed by atoms with Crippen LogP contribution in [-0.4, -0.2) is 86.3 Å². The first-order chi connectivity index (χ1) is 23.2. The summed E-state index contributed by atoms with van der Waals surface area (Å²) in [7, 11) is 1.75. The molecule has 2 aromatic heterocycles. The van der Waals surface area contributed by atoms with E-state index >= 15 is 8.78 Å². The first-order valence-electron chi connectivity index (χ1n) is 16.5. The van der Waals surface area contributed by atoms with Crippen molar-refractivity contribution in [3.8, 4) is 35.2 Å². The number of aromatic nitrogens is 4. The second-order valence-electron chi connectivity index (χ2n) is 13.9. The summed E-state index contributed by atoms with van der Waals surface area (Å²) in [5.41, 5.74) is 0.0652. The van der Waals surface area contributed by atoms with Gasteiger partial charge < -0.3 is 20.1 Å². The fraction of sp³-hybridized carbons (Fsp3) is 0.417. The Morgan fingerprint density at radius 2 is 1.92 bits per heavy atom. The third-order valence-corrected chi connectivity index (χ3v) is 10.8. The molecule has 0 radical (unpaired) electrons. The zero-order valence-corrected chi connectivity index (χ0v) is 26.4. The summed E-state index contributed by atoms with van der Waals surface area (Å²) in [5, 5.41) is 20.9. The maximum absolute atomic E-state index is 17.5. The molecule has 0 spiro atoms. The number of rotatable bonds is 5. The van der Waals surface area contributed by atoms with E-state index in [4.69, 9.17) is 21.1 Å². The summed E-state index contributed by atoms with van der Waals surface area (Å²) in [6.45, 7) is 2.74. The van der Waals surface area contributed by atoms with E-state index in [2.05, 4.69) is 26.1 Å². The zero-order valence-electron chi connectivity index (χ0n) is 26.4. The molecule has 6 heterocycles. The number of ether oxygens (including phenoxy) is 1. The average molecular weight is 654 g/mol. The van der Waals surface area contributed by atoms with Crippen molar-refractivity contribution in [2.45, 2.75) is 55.9 Å². The normalized spacial score (nSPS) is 25.4. The summed E-state index contributed by atoms with van der Waals surface area (Å²) in [4.78, 5) is 14.0. The van der Waals surface area contributed by atoms with E-state index < -0.39 is 23.3 Å². The van der Waals surface area contributed by atoms with Gasteiger partial charge in [0.1, 0.15) is 41.2 Å². The third-order valence-electron chi connectivity index (χ3n) is 10.8. The quantitative estimate of drug-likeness (QED) is 0.251. The number of phenolic OH excluding ortho intramolecular Hbond substituents is 1. The van der Waals surface area contributed by atoms with Crippen molar-refractivity contribution in [3.63, 3.8) is 0 Å². The monoisotopic (exact) mass is 653 g/mol. The third kappa shape index (κ3) is 4.44. The van der Waals surface area contributed by atoms with Gasteiger partial charge in [-0.1, -0.05) is 12.0 Å². The molecule has 246 valence electrons. The molecule has 9 nitrogen and oxygen atoms in total. The van der Waals surface area contributed by atoms with E-state index in [1.807, 2.05) is 0 Å². The molecule has 4 saturated heterocycles. The number of nitrogens with zero attached hydrogens (tertiary/aromatic N) is 6. The average Bonchev–Trinajstić information content (AvgIpc) is 3.81. The minimum atomic E-state index is -0.924. The highest BCUT2D eigenvalue weighted by Crippen LogP contribution is 2.46. The molecule has 0 aliphatic carbocycles. The van der Waals surface area contributed by atoms with E-state index in [0.29, 0.717) is 53.5 Å². The molecule has 9 rings (SSSR count). The molecule has 2 N–H and O–H groups in total. The zero-order chi connectivity index (χ0) is 32.9. The number of aromatic hydroxyl groups is 1. The Labute approximate surface area is 274 Å². The number of aryl methyl sites for hydroxylation is 1. The second kappa shape index (κ2) is 10.7. The molecule has 0 amide bonds. The maximum Gasteiger partial charge on any atom is 0.319 e. The van der Waals surface area contributed by atoms with E-state index in [0.717, 1.165) is 32.2 Å². The van der Waals surface area contributed by atoms with Gasteiger partial charge in [-0.05, 0) is 61.4 Å². The lowest BCUT2D eigenvalue weighted by molar-refractivity contribution is 0.107. The summed E-state index contributed by atoms with van der Waals surface area (Å²) in [6, 6.07) is 6.14. The van der Waals surface area contributed by atoms with Crippen molar-refractivity contribution < 1.29 is 23.0 Å². The lowest BCUT2D eigenvalue weighted by Gasteiger charge is -2.35. The van der Waals surface area contributed by atoms with Gasteiger partial charge in [0.25, 0.3) is 0 Å². The van der Waals surface area contributed by atoms with E-state index in [9.17, 15) is 9.50 Å². The fourth-order valence-electron chi connectivity index (χ4n) is 8.83. The Morgan fingerprint density at radius 3 is 2.71 bits per heavy atom. The van der Waals surface area contributed by atoms with Crippen molar-refractivity contribution in [2.24, 2.45) is 7.05 Å². The molecule has 2 bridgehead atoms. The van der Waals surface area contributed by atoms with Crippen LogP contribution in [0.15, 0.2) is 30.5 Å². The molecule has 0 saturated carbocycles. The Bertz CT molecular complexity index is 2190. The molecular weight excluding hydrogens is 619 g/mol. The minimum Gasteiger partial charge on any atom is -0.508 e. The van der Waals surface area contributed by atoms with Crippen LogP contribution in [0.3, 0.4) is 0 Å². The van der Waals surface area contributed by atoms with Crippen LogP contribution in [-0.2, 0) is 7.05 Å². The first kappa shape index (κ1) is 29.5. The number of fused-ring (bicyclic) bond motifs is 7. The Balaban J connectivity index is 1.30. The van der Waals surface area contributed by atoms with E-state index in [-0.39, 0.29) is 58.0 Å². The lowest BCUT2D eigenvalue weighted by Crippen LogP contribution is -2.51. The molecule has 12 heteroatoms. The molecule has 4 aliphatic rings. The highest BCUT2D eigenvalue weighted by Gasteiger charge is 2.49. The smallest absolute Gasteiger partial charge is 0.319 e. The number of hydrogen-bond donors (Lipinski definition) is 2. The lowest BCUT2D eigenvalue weighted by atomic mass is 9.91. The number of phenols is 1. The molecule has 4 aliphatic heterocycles. The summed E-state index contributed by atoms with van der Waals surface area (Å²) >= 11 is 0. The predicted molar refractivity (Wildman–Crippen MR) is 177 cm³/mol. The number of terminal acetylenes is 1. The van der Waals surface area contributed by atoms with Gasteiger partial charge in [0.2, 0.25) is 0 Å². The predicted octanol–water partition coefficient (Wildman–Crippen LogP) is 5.20. The van der Waals surface area contributed by atoms with Crippen molar-refractivity contribution in [1.82, 2.24) is 30.0 Å². The van der Waals surface area contributed by atoms with Crippen molar-refractivity contribution in [1.29, 1.82) is 0 Å². The summed E-state index contributed by atoms with van der Waals surface area (Å²) in [5.74, 6) is 1.48. The van der Waals surface area contributed by atoms with Crippen LogP contribution in [0.2, 0.25) is 0 Å². The molecule has 3 aromatic carbocycles. The fourth-order valence-corrected chi connectivity index (χ4v) is 8.83. The van der Waals surface area contributed by atoms with Gasteiger partial charge in [-0.2, -0.15) is 15.1 Å². The molecule has 4 atom stereocenters. The summed E-state index contributed by atoms with van der Waals surface area (Å²) in [6.07, 6.45) is 10.9. The van der Waals surface area contributed by atoms with Crippen LogP contribution in [0, 0.1) is 24.0 Å². The molecule has 48 heavy (non-hydrogen) atoms. The Hall–Kier alpha value is -4.60. The Kier molecular flexibility index (Phi) is 6.59. The van der Waals surface area contributed by atoms with Gasteiger partial charge in [0.15, 0.2) is 5.82 Å². The van der Waals surface area contributed by atoms with Gasteiger partial charge in [0, 0.05) is 67.7 Å². The van der Waals surface area contributed by atoms with Gasteiger partial charge in [-0.25, -0.2) is 13.2 Å². The molecule has 2 unspecified atom stereocenters. The van der Waals surface area contributed by atoms with Crippen LogP contribution in [0.1, 0.15) is 37.7 Å². The number of benzene rings is 3. The number of nitrogens with one attached hydrogen (secondary N) is 1. The molecular formula is C36H34F3N7O2. The first-order valence-corrected chi connectivity index (χ1v) is 16.5. The standard InChI is InChI=1S/C36H34F3N7O2/c1-3-24-27(38)8-5-19-11-23(47)12-25(28(19)24)29-31(39)33-30(26-17-44(2)43-32(26)29)34(45-15-21-6-7-22(16-45)40-21)42-35(41-33)48-18-36-9-4-10-46(36)14-20(37)13-36/h1,5,8,11-12,17,20-22,40,47H,4,6-7,9-10,13-16,18H2,2H3/t20-,21?,22?,36+/m1/s1. The van der Waals surface area contributed by atoms with Crippen LogP contribution in [0.5, 0.6) is 11.8 Å². The summed E-state index contributed by atoms with van der Waals surface area (Å²) < 4.78 is 55.1. The van der Waals surface area contributed by atoms with Crippen molar-refractivity contribution in [2.75, 3.05) is 37.7 Å². The number of halogens is 3. The number of alkyl halides is 1. The van der Waals surface area contributed by atoms with Crippen LogP contribution in [0.25, 0.3) is 43.7 Å². The molecule has 5 aromatic rings. The van der Waals surface area contributed by atoms with E-state index in [1.165, 1.54) is 24.3 Å². The van der Waals surface area contributed by atoms with Crippen LogP contribution >= 0.6 is 0 Å². The minimum absolute atomic E-state index is 0.0103. The SMILES string of the molecule is C#Cc1c(F)ccc2cc(O)cc(-c3c(F)c4nc(OC[C@@]56CCCN5C[C@H](F)C6)nc(N5CC6CCC(C5)N6)c4c4cn(C)nc34)c12. The second-order valence-corrected chi connectivity index (χ2v) is 13.9. The van der Waals surface area contributed by atoms with Crippen molar-refractivity contribution in [3.05, 3.63) is 47.7 Å². The van der Waals surface area contributed by atoms with Gasteiger partial charge in [0.05, 0.1) is 16.5 Å². The van der Waals surface area contributed by atoms with Gasteiger partial charge in [-0.15, -0.1) is 6.42 Å². The van der Waals surface area contributed by atoms with Crippen molar-refractivity contribution >= 4 is 38.4 Å². The molecule has 4 fully saturated rings. The topological polar surface area (TPSA) is 91.6 Å². The van der Waals surface area contributed by atoms with Gasteiger partial charge >= 0.3 is 6.01 Å². The maximum atomic E-state index is 17.5. The number of piperazine rings is 1. The van der Waals surface area contributed by atoms with Crippen LogP contribution in [0.4, 0.5) is 19.0 Å². The van der Waals surface area contributed by atoms with E-state index in [1.54, 1.807) is 17.9 Å². The highest BCUT2D eigenvalue weighted by molar-refractivity contribution is 6.18. The number of anilines is 1. The largest absolute Gasteiger partial charge is 0.508 e. The highest BCUT2D eigenvalue weighted by atomic mass is 19.1. The van der Waals surface area contributed by atoms with Crippen LogP contribution < -0.4 is 15.0 Å².